The summed E-state index contributed by atoms with van der Waals surface area (Å²) in [6.07, 6.45) is -1.39. The number of guanidine groups is 2. The lowest BCUT2D eigenvalue weighted by atomic mass is 9.79. The highest BCUT2D eigenvalue weighted by atomic mass is 16.6. The monoisotopic (exact) mass is 489 g/mol. The number of esters is 1. The van der Waals surface area contributed by atoms with Crippen LogP contribution in [0.2, 0.25) is 0 Å². The van der Waals surface area contributed by atoms with Crippen molar-refractivity contribution >= 4 is 17.9 Å². The normalized spacial score (nSPS) is 29.6. The molecular weight excluding hydrogens is 452 g/mol. The first kappa shape index (κ1) is 25.2. The molecule has 0 aromatic heterocycles. The summed E-state index contributed by atoms with van der Waals surface area (Å²) in [4.78, 5) is 22.0. The first-order valence-corrected chi connectivity index (χ1v) is 11.7. The molecule has 0 saturated carbocycles. The molecule has 1 aromatic carbocycles. The summed E-state index contributed by atoms with van der Waals surface area (Å²) >= 11 is 0. The number of benzene rings is 1. The Morgan fingerprint density at radius 1 is 1.17 bits per heavy atom. The lowest BCUT2D eigenvalue weighted by molar-refractivity contribution is -0.523. The van der Waals surface area contributed by atoms with E-state index < -0.39 is 42.2 Å². The summed E-state index contributed by atoms with van der Waals surface area (Å²) < 4.78 is 5.72. The van der Waals surface area contributed by atoms with Crippen molar-refractivity contribution in [3.8, 4) is 0 Å². The Morgan fingerprint density at radius 2 is 1.74 bits per heavy atom. The predicted octanol–water partition coefficient (Wildman–Crippen LogP) is -2.44. The number of nitrogens with one attached hydrogen (secondary N) is 2. The predicted molar refractivity (Wildman–Crippen MR) is 129 cm³/mol. The lowest BCUT2D eigenvalue weighted by Gasteiger charge is -2.45. The number of aliphatic hydroxyl groups excluding tert-OH is 1. The van der Waals surface area contributed by atoms with E-state index in [0.29, 0.717) is 5.56 Å². The van der Waals surface area contributed by atoms with E-state index >= 15 is 0 Å². The van der Waals surface area contributed by atoms with Crippen LogP contribution in [-0.2, 0) is 15.6 Å². The van der Waals surface area contributed by atoms with Gasteiger partial charge in [0, 0.05) is 0 Å². The fraction of sp³-hybridized carbons (Fsp3) is 0.625. The molecule has 1 aromatic rings. The summed E-state index contributed by atoms with van der Waals surface area (Å²) in [7, 11) is 0. The Kier molecular flexibility index (Phi) is 5.62. The first-order chi connectivity index (χ1) is 16.0. The quantitative estimate of drug-likeness (QED) is 0.179. The number of ether oxygens (including phenoxy) is 1. The number of aliphatic hydroxyl groups is 3. The second kappa shape index (κ2) is 7.81. The molecular formula is C24H37N6O5+. The van der Waals surface area contributed by atoms with Gasteiger partial charge in [-0.1, -0.05) is 47.6 Å². The zero-order valence-electron chi connectivity index (χ0n) is 21.1. The summed E-state index contributed by atoms with van der Waals surface area (Å²) in [6.45, 7) is 11.8. The van der Waals surface area contributed by atoms with Crippen LogP contribution in [0.3, 0.4) is 0 Å². The second-order valence-corrected chi connectivity index (χ2v) is 11.7. The van der Waals surface area contributed by atoms with Crippen molar-refractivity contribution in [1.29, 1.82) is 0 Å². The van der Waals surface area contributed by atoms with E-state index in [1.165, 1.54) is 4.90 Å². The van der Waals surface area contributed by atoms with Gasteiger partial charge in [0.2, 0.25) is 0 Å². The number of nitrogens with zero attached hydrogens (tertiary/aromatic N) is 2. The van der Waals surface area contributed by atoms with Gasteiger partial charge in [-0.05, 0) is 34.1 Å². The molecule has 192 valence electrons. The number of aliphatic imine (C=N–C) groups is 1. The fourth-order valence-electron chi connectivity index (χ4n) is 5.07. The zero-order chi connectivity index (χ0) is 26.1. The molecule has 11 nitrogen and oxygen atoms in total. The van der Waals surface area contributed by atoms with Gasteiger partial charge in [0.25, 0.3) is 11.4 Å². The third-order valence-electron chi connectivity index (χ3n) is 7.17. The summed E-state index contributed by atoms with van der Waals surface area (Å²) in [5.41, 5.74) is 12.2. The minimum absolute atomic E-state index is 0.0277. The number of rotatable bonds is 3. The van der Waals surface area contributed by atoms with E-state index in [-0.39, 0.29) is 29.3 Å². The van der Waals surface area contributed by atoms with Gasteiger partial charge >= 0.3 is 11.9 Å². The van der Waals surface area contributed by atoms with Crippen molar-refractivity contribution < 1.29 is 29.8 Å². The van der Waals surface area contributed by atoms with Crippen LogP contribution in [0.1, 0.15) is 63.0 Å². The maximum absolute atomic E-state index is 13.4. The number of carbonyl (C=O) groups is 1. The maximum atomic E-state index is 13.4. The average molecular weight is 490 g/mol. The highest BCUT2D eigenvalue weighted by Crippen LogP contribution is 2.42. The van der Waals surface area contributed by atoms with Gasteiger partial charge in [-0.2, -0.15) is 0 Å². The number of hydrogen-bond acceptors (Lipinski definition) is 10. The molecule has 0 radical (unpaired) electrons. The SMILES string of the molecule is CC(C)(C)c1cc(C(=O)O[C@H]2CN3C(N)=N[C@@H](CO)[C@@H]4[NH+]=C(N)N[C@@]43C2(O)O)cc(C(C)(C)C)c1. The molecule has 3 aliphatic heterocycles. The van der Waals surface area contributed by atoms with Gasteiger partial charge < -0.3 is 25.8 Å². The van der Waals surface area contributed by atoms with Crippen LogP contribution in [0.25, 0.3) is 0 Å². The van der Waals surface area contributed by atoms with Crippen molar-refractivity contribution in [1.82, 2.24) is 10.2 Å². The third-order valence-corrected chi connectivity index (χ3v) is 7.17. The molecule has 9 N–H and O–H groups in total. The highest BCUT2D eigenvalue weighted by molar-refractivity contribution is 5.90. The standard InChI is InChI=1S/C24H36N6O5/c1-21(2,3)13-7-12(8-14(9-13)22(4,5)6)18(32)35-16-10-30-20(26)27-15(11-31)17-23(30,24(16,33)34)29-19(25)28-17/h7-9,15-17,31,33-34H,10-11H2,1-6H3,(H2,26,27)(H3,25,28,29)/p+1/t15-,16-,17-,23-/m0/s1. The van der Waals surface area contributed by atoms with E-state index in [2.05, 4.69) is 62.9 Å². The molecule has 3 aliphatic rings. The van der Waals surface area contributed by atoms with Crippen molar-refractivity contribution in [3.63, 3.8) is 0 Å². The molecule has 1 fully saturated rings. The van der Waals surface area contributed by atoms with Gasteiger partial charge in [-0.3, -0.25) is 15.6 Å². The maximum Gasteiger partial charge on any atom is 0.343 e. The van der Waals surface area contributed by atoms with Crippen molar-refractivity contribution in [2.24, 2.45) is 16.5 Å². The molecule has 4 atom stereocenters. The molecule has 4 rings (SSSR count). The Bertz CT molecular complexity index is 1070. The summed E-state index contributed by atoms with van der Waals surface area (Å²) in [6, 6.07) is 3.99. The summed E-state index contributed by atoms with van der Waals surface area (Å²) in [5, 5.41) is 35.5. The van der Waals surface area contributed by atoms with Gasteiger partial charge in [0.15, 0.2) is 18.1 Å². The van der Waals surface area contributed by atoms with Crippen LogP contribution in [-0.4, -0.2) is 80.9 Å². The van der Waals surface area contributed by atoms with Gasteiger partial charge in [-0.25, -0.2) is 15.1 Å². The molecule has 1 spiro atoms. The van der Waals surface area contributed by atoms with Crippen molar-refractivity contribution in [2.45, 2.75) is 82.0 Å². The highest BCUT2D eigenvalue weighted by Gasteiger charge is 2.77. The summed E-state index contributed by atoms with van der Waals surface area (Å²) in [5.74, 6) is -3.27. The van der Waals surface area contributed by atoms with Crippen molar-refractivity contribution in [2.75, 3.05) is 13.2 Å². The van der Waals surface area contributed by atoms with E-state index in [1.54, 1.807) is 12.1 Å². The molecule has 0 aliphatic carbocycles. The minimum atomic E-state index is -2.62. The van der Waals surface area contributed by atoms with Crippen LogP contribution in [0.5, 0.6) is 0 Å². The molecule has 1 saturated heterocycles. The van der Waals surface area contributed by atoms with E-state index in [9.17, 15) is 20.1 Å². The fourth-order valence-corrected chi connectivity index (χ4v) is 5.07. The topological polar surface area (TPSA) is 181 Å². The number of hydrogen-bond donors (Lipinski definition) is 7. The van der Waals surface area contributed by atoms with E-state index in [4.69, 9.17) is 16.2 Å². The lowest BCUT2D eigenvalue weighted by Crippen LogP contribution is -2.90. The number of carbonyl (C=O) groups excluding carboxylic acids is 1. The molecule has 0 bridgehead atoms. The largest absolute Gasteiger partial charge is 0.451 e. The molecule has 35 heavy (non-hydrogen) atoms. The minimum Gasteiger partial charge on any atom is -0.451 e. The Hall–Kier alpha value is -2.89. The molecule has 0 unspecified atom stereocenters. The first-order valence-electron chi connectivity index (χ1n) is 11.7. The smallest absolute Gasteiger partial charge is 0.343 e. The van der Waals surface area contributed by atoms with Crippen molar-refractivity contribution in [3.05, 3.63) is 34.9 Å². The molecule has 11 heteroatoms. The third kappa shape index (κ3) is 3.82. The van der Waals surface area contributed by atoms with Crippen LogP contribution < -0.4 is 21.8 Å². The molecule has 3 heterocycles. The van der Waals surface area contributed by atoms with Crippen LogP contribution in [0, 0.1) is 0 Å². The zero-order valence-corrected chi connectivity index (χ0v) is 21.1. The molecule has 0 amide bonds. The Labute approximate surface area is 204 Å². The number of nitrogens with two attached hydrogens (primary N) is 2. The van der Waals surface area contributed by atoms with Crippen LogP contribution in [0.15, 0.2) is 23.2 Å². The van der Waals surface area contributed by atoms with Gasteiger partial charge in [-0.15, -0.1) is 0 Å². The van der Waals surface area contributed by atoms with Crippen LogP contribution >= 0.6 is 0 Å². The van der Waals surface area contributed by atoms with Gasteiger partial charge in [0.05, 0.1) is 18.7 Å². The van der Waals surface area contributed by atoms with Gasteiger partial charge in [0.1, 0.15) is 6.04 Å². The van der Waals surface area contributed by atoms with Crippen LogP contribution in [0.4, 0.5) is 0 Å². The average Bonchev–Trinajstić information content (AvgIpc) is 3.21. The Morgan fingerprint density at radius 3 is 2.26 bits per heavy atom. The van der Waals surface area contributed by atoms with E-state index in [1.807, 2.05) is 0 Å². The van der Waals surface area contributed by atoms with E-state index in [0.717, 1.165) is 11.1 Å². The second-order valence-electron chi connectivity index (χ2n) is 11.7. The Balaban J connectivity index is 1.70.